The maximum absolute atomic E-state index is 6.27. The summed E-state index contributed by atoms with van der Waals surface area (Å²) in [6.07, 6.45) is 2.21. The average molecular weight is 285 g/mol. The van der Waals surface area contributed by atoms with Gasteiger partial charge in [-0.1, -0.05) is 41.9 Å². The molecular formula is C17H17ClN2. The van der Waals surface area contributed by atoms with Gasteiger partial charge in [0.15, 0.2) is 0 Å². The van der Waals surface area contributed by atoms with Crippen LogP contribution in [0.1, 0.15) is 23.6 Å². The van der Waals surface area contributed by atoms with Crippen LogP contribution in [0.15, 0.2) is 42.5 Å². The smallest absolute Gasteiger partial charge is 0.0641 e. The molecule has 2 aromatic carbocycles. The molecule has 0 saturated heterocycles. The standard InChI is InChI=1S/C17H17ClN2/c18-14-9-13-10-16(12-5-2-1-3-6-12)20-8-4-7-19-15(11-14)17(13)20/h1-3,5-6,9,11,16,19H,4,7-8,10H2. The molecule has 3 heteroatoms. The first-order valence-corrected chi connectivity index (χ1v) is 7.58. The Bertz CT molecular complexity index is 639. The molecule has 102 valence electrons. The van der Waals surface area contributed by atoms with Gasteiger partial charge in [0.1, 0.15) is 0 Å². The van der Waals surface area contributed by atoms with Crippen molar-refractivity contribution in [3.05, 3.63) is 58.6 Å². The second-order valence-corrected chi connectivity index (χ2v) is 6.00. The van der Waals surface area contributed by atoms with E-state index in [4.69, 9.17) is 11.6 Å². The first kappa shape index (κ1) is 12.1. The van der Waals surface area contributed by atoms with Gasteiger partial charge >= 0.3 is 0 Å². The minimum absolute atomic E-state index is 0.448. The highest BCUT2D eigenvalue weighted by Gasteiger charge is 2.33. The average Bonchev–Trinajstić information content (AvgIpc) is 2.68. The molecule has 1 unspecified atom stereocenters. The molecule has 2 aliphatic heterocycles. The zero-order valence-electron chi connectivity index (χ0n) is 11.3. The number of hydrogen-bond donors (Lipinski definition) is 1. The number of nitrogens with zero attached hydrogens (tertiary/aromatic N) is 1. The van der Waals surface area contributed by atoms with Crippen LogP contribution in [-0.2, 0) is 6.42 Å². The van der Waals surface area contributed by atoms with Gasteiger partial charge in [-0.05, 0) is 36.1 Å². The SMILES string of the molecule is Clc1cc2c3c(c1)NCCCN3C(c1ccccc1)C2. The van der Waals surface area contributed by atoms with Crippen LogP contribution in [0.4, 0.5) is 11.4 Å². The fraction of sp³-hybridized carbons (Fsp3) is 0.294. The summed E-state index contributed by atoms with van der Waals surface area (Å²) in [5, 5.41) is 4.36. The zero-order valence-corrected chi connectivity index (χ0v) is 12.0. The number of hydrogen-bond acceptors (Lipinski definition) is 2. The first-order valence-electron chi connectivity index (χ1n) is 7.21. The molecule has 4 rings (SSSR count). The summed E-state index contributed by atoms with van der Waals surface area (Å²) >= 11 is 6.27. The van der Waals surface area contributed by atoms with Crippen molar-refractivity contribution < 1.29 is 0 Å². The Balaban J connectivity index is 1.83. The molecule has 1 N–H and O–H groups in total. The van der Waals surface area contributed by atoms with Gasteiger partial charge in [0.2, 0.25) is 0 Å². The van der Waals surface area contributed by atoms with E-state index in [2.05, 4.69) is 52.7 Å². The van der Waals surface area contributed by atoms with Gasteiger partial charge in [0.05, 0.1) is 17.4 Å². The minimum atomic E-state index is 0.448. The molecule has 20 heavy (non-hydrogen) atoms. The van der Waals surface area contributed by atoms with Gasteiger partial charge in [-0.2, -0.15) is 0 Å². The summed E-state index contributed by atoms with van der Waals surface area (Å²) in [5.41, 5.74) is 5.33. The van der Waals surface area contributed by atoms with Crippen LogP contribution in [0.5, 0.6) is 0 Å². The first-order chi connectivity index (χ1) is 9.83. The summed E-state index contributed by atoms with van der Waals surface area (Å²) in [6, 6.07) is 15.4. The van der Waals surface area contributed by atoms with Crippen molar-refractivity contribution in [2.24, 2.45) is 0 Å². The maximum Gasteiger partial charge on any atom is 0.0641 e. The molecule has 2 heterocycles. The zero-order chi connectivity index (χ0) is 13.5. The summed E-state index contributed by atoms with van der Waals surface area (Å²) in [7, 11) is 0. The summed E-state index contributed by atoms with van der Waals surface area (Å²) in [6.45, 7) is 2.12. The number of halogens is 1. The predicted molar refractivity (Wildman–Crippen MR) is 84.8 cm³/mol. The van der Waals surface area contributed by atoms with E-state index in [1.54, 1.807) is 0 Å². The highest BCUT2D eigenvalue weighted by atomic mass is 35.5. The van der Waals surface area contributed by atoms with Crippen LogP contribution in [0.25, 0.3) is 0 Å². The Hall–Kier alpha value is -1.67. The van der Waals surface area contributed by atoms with Crippen molar-refractivity contribution in [3.8, 4) is 0 Å². The predicted octanol–water partition coefficient (Wildman–Crippen LogP) is 4.26. The van der Waals surface area contributed by atoms with Gasteiger partial charge in [-0.15, -0.1) is 0 Å². The quantitative estimate of drug-likeness (QED) is 0.842. The number of benzene rings is 2. The molecule has 0 saturated carbocycles. The summed E-state index contributed by atoms with van der Waals surface area (Å²) in [4.78, 5) is 2.55. The van der Waals surface area contributed by atoms with Gasteiger partial charge in [-0.25, -0.2) is 0 Å². The summed E-state index contributed by atoms with van der Waals surface area (Å²) in [5.74, 6) is 0. The molecule has 0 radical (unpaired) electrons. The van der Waals surface area contributed by atoms with E-state index >= 15 is 0 Å². The highest BCUT2D eigenvalue weighted by molar-refractivity contribution is 6.31. The van der Waals surface area contributed by atoms with E-state index in [1.165, 1.54) is 22.5 Å². The van der Waals surface area contributed by atoms with E-state index < -0.39 is 0 Å². The lowest BCUT2D eigenvalue weighted by Gasteiger charge is -2.27. The molecule has 0 bridgehead atoms. The Kier molecular flexibility index (Phi) is 2.85. The Morgan fingerprint density at radius 3 is 2.85 bits per heavy atom. The van der Waals surface area contributed by atoms with Crippen molar-refractivity contribution in [2.75, 3.05) is 23.3 Å². The van der Waals surface area contributed by atoms with Crippen LogP contribution in [0.2, 0.25) is 5.02 Å². The van der Waals surface area contributed by atoms with E-state index in [0.29, 0.717) is 6.04 Å². The third-order valence-corrected chi connectivity index (χ3v) is 4.52. The maximum atomic E-state index is 6.27. The van der Waals surface area contributed by atoms with Crippen molar-refractivity contribution in [1.82, 2.24) is 0 Å². The largest absolute Gasteiger partial charge is 0.383 e. The number of nitrogens with one attached hydrogen (secondary N) is 1. The second kappa shape index (κ2) is 4.71. The third-order valence-electron chi connectivity index (χ3n) is 4.31. The fourth-order valence-electron chi connectivity index (χ4n) is 3.47. The van der Waals surface area contributed by atoms with Crippen molar-refractivity contribution in [1.29, 1.82) is 0 Å². The lowest BCUT2D eigenvalue weighted by molar-refractivity contribution is 0.649. The Labute approximate surface area is 124 Å². The lowest BCUT2D eigenvalue weighted by Crippen LogP contribution is -2.25. The van der Waals surface area contributed by atoms with Crippen molar-refractivity contribution >= 4 is 23.0 Å². The Morgan fingerprint density at radius 2 is 2.00 bits per heavy atom. The van der Waals surface area contributed by atoms with Gasteiger partial charge in [0, 0.05) is 18.1 Å². The van der Waals surface area contributed by atoms with Gasteiger partial charge in [0.25, 0.3) is 0 Å². The van der Waals surface area contributed by atoms with Crippen LogP contribution >= 0.6 is 11.6 Å². The van der Waals surface area contributed by atoms with Crippen molar-refractivity contribution in [3.63, 3.8) is 0 Å². The molecule has 2 nitrogen and oxygen atoms in total. The highest BCUT2D eigenvalue weighted by Crippen LogP contribution is 2.46. The molecule has 0 fully saturated rings. The van der Waals surface area contributed by atoms with E-state index in [0.717, 1.165) is 31.0 Å². The molecule has 0 amide bonds. The molecule has 0 aromatic heterocycles. The topological polar surface area (TPSA) is 15.3 Å². The molecule has 0 spiro atoms. The van der Waals surface area contributed by atoms with Crippen LogP contribution < -0.4 is 10.2 Å². The normalized spacial score (nSPS) is 20.2. The second-order valence-electron chi connectivity index (χ2n) is 5.57. The molecule has 0 aliphatic carbocycles. The monoisotopic (exact) mass is 284 g/mol. The molecule has 2 aromatic rings. The molecule has 2 aliphatic rings. The van der Waals surface area contributed by atoms with Crippen LogP contribution in [-0.4, -0.2) is 13.1 Å². The van der Waals surface area contributed by atoms with Gasteiger partial charge in [-0.3, -0.25) is 0 Å². The fourth-order valence-corrected chi connectivity index (χ4v) is 3.71. The number of anilines is 2. The van der Waals surface area contributed by atoms with E-state index in [-0.39, 0.29) is 0 Å². The molecule has 1 atom stereocenters. The Morgan fingerprint density at radius 1 is 1.15 bits per heavy atom. The minimum Gasteiger partial charge on any atom is -0.383 e. The van der Waals surface area contributed by atoms with E-state index in [1.807, 2.05) is 0 Å². The molecular weight excluding hydrogens is 268 g/mol. The van der Waals surface area contributed by atoms with Crippen molar-refractivity contribution in [2.45, 2.75) is 18.9 Å². The van der Waals surface area contributed by atoms with Gasteiger partial charge < -0.3 is 10.2 Å². The van der Waals surface area contributed by atoms with E-state index in [9.17, 15) is 0 Å². The lowest BCUT2D eigenvalue weighted by atomic mass is 10.0. The van der Waals surface area contributed by atoms with Crippen LogP contribution in [0.3, 0.4) is 0 Å². The number of rotatable bonds is 1. The van der Waals surface area contributed by atoms with Crippen LogP contribution in [0, 0.1) is 0 Å². The third kappa shape index (κ3) is 1.87. The summed E-state index contributed by atoms with van der Waals surface area (Å²) < 4.78 is 0.